The molecule has 2 heteroatoms. The van der Waals surface area contributed by atoms with Crippen LogP contribution in [-0.4, -0.2) is 5.97 Å². The quantitative estimate of drug-likeness (QED) is 0.376. The molecule has 4 aromatic carbocycles. The lowest BCUT2D eigenvalue weighted by molar-refractivity contribution is 0.0475. The number of ether oxygens (including phenoxy) is 1. The highest BCUT2D eigenvalue weighted by Gasteiger charge is 2.12. The molecule has 4 rings (SSSR count). The molecule has 0 heterocycles. The Bertz CT molecular complexity index is 1020. The minimum absolute atomic E-state index is 0.281. The fourth-order valence-electron chi connectivity index (χ4n) is 3.02. The second-order valence-corrected chi connectivity index (χ2v) is 5.75. The average molecular weight is 312 g/mol. The van der Waals surface area contributed by atoms with Crippen LogP contribution in [0.15, 0.2) is 84.9 Å². The molecule has 0 atom stereocenters. The summed E-state index contributed by atoms with van der Waals surface area (Å²) < 4.78 is 5.50. The predicted molar refractivity (Wildman–Crippen MR) is 97.0 cm³/mol. The lowest BCUT2D eigenvalue weighted by atomic mass is 9.98. The van der Waals surface area contributed by atoms with Crippen molar-refractivity contribution in [2.75, 3.05) is 0 Å². The van der Waals surface area contributed by atoms with Gasteiger partial charge in [-0.25, -0.2) is 4.79 Å². The number of carbonyl (C=O) groups is 1. The molecule has 116 valence electrons. The van der Waals surface area contributed by atoms with Gasteiger partial charge in [0.1, 0.15) is 6.61 Å². The highest BCUT2D eigenvalue weighted by molar-refractivity contribution is 6.14. The Morgan fingerprint density at radius 3 is 2.29 bits per heavy atom. The molecule has 2 nitrogen and oxygen atoms in total. The van der Waals surface area contributed by atoms with Gasteiger partial charge in [-0.3, -0.25) is 0 Å². The van der Waals surface area contributed by atoms with Gasteiger partial charge in [-0.1, -0.05) is 78.9 Å². The number of fused-ring (bicyclic) bond motifs is 3. The summed E-state index contributed by atoms with van der Waals surface area (Å²) in [7, 11) is 0. The molecule has 0 aromatic heterocycles. The van der Waals surface area contributed by atoms with E-state index in [0.29, 0.717) is 5.56 Å². The van der Waals surface area contributed by atoms with Crippen LogP contribution in [0.1, 0.15) is 15.9 Å². The maximum Gasteiger partial charge on any atom is 0.339 e. The smallest absolute Gasteiger partial charge is 0.339 e. The molecule has 24 heavy (non-hydrogen) atoms. The highest BCUT2D eigenvalue weighted by atomic mass is 16.5. The van der Waals surface area contributed by atoms with Gasteiger partial charge in [-0.2, -0.15) is 0 Å². The SMILES string of the molecule is O=C(OCc1ccccc1)c1cccc2c1ccc1ccccc12. The summed E-state index contributed by atoms with van der Waals surface area (Å²) in [6.45, 7) is 0.281. The van der Waals surface area contributed by atoms with Gasteiger partial charge < -0.3 is 4.74 Å². The van der Waals surface area contributed by atoms with E-state index in [0.717, 1.165) is 21.7 Å². The molecular weight excluding hydrogens is 296 g/mol. The number of hydrogen-bond donors (Lipinski definition) is 0. The molecule has 0 radical (unpaired) electrons. The van der Waals surface area contributed by atoms with E-state index in [4.69, 9.17) is 4.74 Å². The van der Waals surface area contributed by atoms with Gasteiger partial charge in [0.2, 0.25) is 0 Å². The van der Waals surface area contributed by atoms with Crippen LogP contribution in [0.2, 0.25) is 0 Å². The fourth-order valence-corrected chi connectivity index (χ4v) is 3.02. The van der Waals surface area contributed by atoms with Gasteiger partial charge >= 0.3 is 5.97 Å². The molecule has 0 saturated carbocycles. The first kappa shape index (κ1) is 14.5. The largest absolute Gasteiger partial charge is 0.457 e. The van der Waals surface area contributed by atoms with Crippen LogP contribution in [0, 0.1) is 0 Å². The van der Waals surface area contributed by atoms with Crippen LogP contribution in [0.5, 0.6) is 0 Å². The third-order valence-corrected chi connectivity index (χ3v) is 4.22. The molecule has 0 unspecified atom stereocenters. The average Bonchev–Trinajstić information content (AvgIpc) is 2.66. The lowest BCUT2D eigenvalue weighted by Crippen LogP contribution is -2.06. The number of rotatable bonds is 3. The topological polar surface area (TPSA) is 26.3 Å². The molecule has 0 aliphatic heterocycles. The first-order chi connectivity index (χ1) is 11.8. The number of carbonyl (C=O) groups excluding carboxylic acids is 1. The standard InChI is InChI=1S/C22H16O2/c23-22(24-15-16-7-2-1-3-8-16)21-12-6-11-19-18-10-5-4-9-17(18)13-14-20(19)21/h1-14H,15H2. The highest BCUT2D eigenvalue weighted by Crippen LogP contribution is 2.28. The molecule has 0 N–H and O–H groups in total. The van der Waals surface area contributed by atoms with Gasteiger partial charge in [-0.05, 0) is 33.2 Å². The van der Waals surface area contributed by atoms with Crippen LogP contribution in [0.3, 0.4) is 0 Å². The summed E-state index contributed by atoms with van der Waals surface area (Å²) in [4.78, 5) is 12.5. The maximum atomic E-state index is 12.5. The van der Waals surface area contributed by atoms with E-state index in [1.807, 2.05) is 72.8 Å². The Labute approximate surface area is 140 Å². The predicted octanol–water partition coefficient (Wildman–Crippen LogP) is 5.35. The number of esters is 1. The molecular formula is C22H16O2. The second-order valence-electron chi connectivity index (χ2n) is 5.75. The second kappa shape index (κ2) is 6.17. The molecule has 0 bridgehead atoms. The zero-order chi connectivity index (χ0) is 16.4. The Morgan fingerprint density at radius 2 is 1.42 bits per heavy atom. The zero-order valence-corrected chi connectivity index (χ0v) is 13.1. The molecule has 0 spiro atoms. The van der Waals surface area contributed by atoms with Crippen LogP contribution in [0.25, 0.3) is 21.5 Å². The Hall–Kier alpha value is -3.13. The normalized spacial score (nSPS) is 10.8. The molecule has 0 fully saturated rings. The lowest BCUT2D eigenvalue weighted by Gasteiger charge is -2.09. The van der Waals surface area contributed by atoms with E-state index in [9.17, 15) is 4.79 Å². The van der Waals surface area contributed by atoms with Crippen molar-refractivity contribution < 1.29 is 9.53 Å². The number of benzene rings is 4. The van der Waals surface area contributed by atoms with E-state index >= 15 is 0 Å². The van der Waals surface area contributed by atoms with E-state index < -0.39 is 0 Å². The van der Waals surface area contributed by atoms with Crippen molar-refractivity contribution in [1.82, 2.24) is 0 Å². The fraction of sp³-hybridized carbons (Fsp3) is 0.0455. The monoisotopic (exact) mass is 312 g/mol. The van der Waals surface area contributed by atoms with E-state index in [1.165, 1.54) is 5.39 Å². The van der Waals surface area contributed by atoms with Crippen molar-refractivity contribution in [1.29, 1.82) is 0 Å². The third kappa shape index (κ3) is 2.63. The van der Waals surface area contributed by atoms with Crippen molar-refractivity contribution in [3.8, 4) is 0 Å². The van der Waals surface area contributed by atoms with Gasteiger partial charge in [0, 0.05) is 0 Å². The van der Waals surface area contributed by atoms with Gasteiger partial charge in [0.05, 0.1) is 5.56 Å². The summed E-state index contributed by atoms with van der Waals surface area (Å²) in [5.41, 5.74) is 1.59. The van der Waals surface area contributed by atoms with Crippen molar-refractivity contribution in [3.63, 3.8) is 0 Å². The minimum atomic E-state index is -0.292. The maximum absolute atomic E-state index is 12.5. The van der Waals surface area contributed by atoms with Gasteiger partial charge in [-0.15, -0.1) is 0 Å². The Morgan fingerprint density at radius 1 is 0.667 bits per heavy atom. The van der Waals surface area contributed by atoms with Gasteiger partial charge in [0.15, 0.2) is 0 Å². The van der Waals surface area contributed by atoms with Gasteiger partial charge in [0.25, 0.3) is 0 Å². The molecule has 0 aliphatic carbocycles. The summed E-state index contributed by atoms with van der Waals surface area (Å²) in [5.74, 6) is -0.292. The van der Waals surface area contributed by atoms with E-state index in [1.54, 1.807) is 0 Å². The zero-order valence-electron chi connectivity index (χ0n) is 13.1. The first-order valence-electron chi connectivity index (χ1n) is 7.94. The van der Waals surface area contributed by atoms with Crippen LogP contribution < -0.4 is 0 Å². The summed E-state index contributed by atoms with van der Waals surface area (Å²) >= 11 is 0. The van der Waals surface area contributed by atoms with Crippen LogP contribution in [-0.2, 0) is 11.3 Å². The number of hydrogen-bond acceptors (Lipinski definition) is 2. The third-order valence-electron chi connectivity index (χ3n) is 4.22. The molecule has 0 amide bonds. The molecule has 0 aliphatic rings. The first-order valence-corrected chi connectivity index (χ1v) is 7.94. The van der Waals surface area contributed by atoms with Crippen molar-refractivity contribution in [3.05, 3.63) is 96.1 Å². The van der Waals surface area contributed by atoms with Crippen molar-refractivity contribution in [2.45, 2.75) is 6.61 Å². The summed E-state index contributed by atoms with van der Waals surface area (Å²) in [6.07, 6.45) is 0. The Balaban J connectivity index is 1.71. The minimum Gasteiger partial charge on any atom is -0.457 e. The van der Waals surface area contributed by atoms with Crippen molar-refractivity contribution >= 4 is 27.5 Å². The van der Waals surface area contributed by atoms with Crippen LogP contribution in [0.4, 0.5) is 0 Å². The Kier molecular flexibility index (Phi) is 3.72. The summed E-state index contributed by atoms with van der Waals surface area (Å²) in [6, 6.07) is 27.7. The van der Waals surface area contributed by atoms with E-state index in [2.05, 4.69) is 12.1 Å². The molecule has 0 saturated heterocycles. The van der Waals surface area contributed by atoms with Crippen LogP contribution >= 0.6 is 0 Å². The van der Waals surface area contributed by atoms with Crippen molar-refractivity contribution in [2.24, 2.45) is 0 Å². The van der Waals surface area contributed by atoms with E-state index in [-0.39, 0.29) is 12.6 Å². The molecule has 4 aromatic rings. The summed E-state index contributed by atoms with van der Waals surface area (Å²) in [5, 5.41) is 4.31.